The van der Waals surface area contributed by atoms with E-state index in [0.717, 1.165) is 6.42 Å². The smallest absolute Gasteiger partial charge is 0.315 e. The Morgan fingerprint density at radius 3 is 1.68 bits per heavy atom. The lowest BCUT2D eigenvalue weighted by atomic mass is 9.33. The summed E-state index contributed by atoms with van der Waals surface area (Å²) < 4.78 is 47.6. The van der Waals surface area contributed by atoms with E-state index in [1.807, 2.05) is 6.92 Å². The van der Waals surface area contributed by atoms with Crippen molar-refractivity contribution < 1.29 is 119 Å². The molecule has 4 saturated carbocycles. The number of hydrogen-bond acceptors (Lipinski definition) is 24. The second-order valence-corrected chi connectivity index (χ2v) is 26.2. The van der Waals surface area contributed by atoms with Gasteiger partial charge in [-0.05, 0) is 104 Å². The molecule has 78 heavy (non-hydrogen) atoms. The highest BCUT2D eigenvalue weighted by atomic mass is 16.8. The van der Waals surface area contributed by atoms with Crippen molar-refractivity contribution in [1.29, 1.82) is 0 Å². The maximum absolute atomic E-state index is 15.1. The topological polar surface area (TPSA) is 394 Å². The van der Waals surface area contributed by atoms with Gasteiger partial charge in [0.05, 0.1) is 44.6 Å². The monoisotopic (exact) mass is 1120 g/mol. The fraction of sp³-hybridized carbons (Fsp3) is 0.944. The quantitative estimate of drug-likeness (QED) is 0.0494. The zero-order valence-corrected chi connectivity index (χ0v) is 45.4. The Morgan fingerprint density at radius 1 is 0.551 bits per heavy atom. The Hall–Kier alpha value is -1.67. The molecular weight excluding hydrogens is 1030 g/mol. The summed E-state index contributed by atoms with van der Waals surface area (Å²) in [6.07, 6.45) is -25.3. The summed E-state index contributed by atoms with van der Waals surface area (Å²) in [6, 6.07) is 0. The summed E-state index contributed by atoms with van der Waals surface area (Å²) >= 11 is 0. The Kier molecular flexibility index (Phi) is 17.5. The molecule has 448 valence electrons. The minimum absolute atomic E-state index is 0.0881. The number of allylic oxidation sites excluding steroid dienone is 2. The third kappa shape index (κ3) is 9.86. The second-order valence-electron chi connectivity index (χ2n) is 26.2. The number of carbonyl (C=O) groups is 1. The average Bonchev–Trinajstić information content (AvgIpc) is 3.60. The van der Waals surface area contributed by atoms with E-state index in [4.69, 9.17) is 37.9 Å². The van der Waals surface area contributed by atoms with Gasteiger partial charge in [0.1, 0.15) is 97.7 Å². The van der Waals surface area contributed by atoms with Gasteiger partial charge in [-0.25, -0.2) is 0 Å². The van der Waals surface area contributed by atoms with Crippen LogP contribution < -0.4 is 0 Å². The van der Waals surface area contributed by atoms with Crippen molar-refractivity contribution in [1.82, 2.24) is 0 Å². The van der Waals surface area contributed by atoms with Gasteiger partial charge < -0.3 is 114 Å². The molecule has 9 rings (SSSR count). The summed E-state index contributed by atoms with van der Waals surface area (Å²) in [5.74, 6) is -0.932. The molecule has 0 aromatic carbocycles. The standard InChI is InChI=1S/C54H88O24/c1-49(2)13-15-54(48(70)78-46-42(69)38(65)35(62)28(75-46)21-71-44-40(67)36(63)32(59)25(18-55)72-44)16-14-52(5)23(24(54)17-49)7-8-30-50(3)11-10-31(51(4,22-58)29(50)9-12-53(30,52)6)76-47-43(39(66)34(61)27(20-57)74-47)77-45-41(68)37(64)33(60)26(19-56)73-45/h7,24-47,55-69H,8-22H2,1-6H3/t24?,25-,26+,27-,28-,29?,30?,31+,32-,33+,34-,35-,36+,37-,38+,39+,40-,41+,42-,43-,44?,45?,46+,47?,50+,51?,52-,53-,54+/m1/s1. The van der Waals surface area contributed by atoms with Gasteiger partial charge in [-0.1, -0.05) is 53.2 Å². The Labute approximate surface area is 453 Å². The zero-order chi connectivity index (χ0) is 57.0. The first-order valence-corrected chi connectivity index (χ1v) is 28.0. The maximum Gasteiger partial charge on any atom is 0.315 e. The highest BCUT2D eigenvalue weighted by Gasteiger charge is 2.71. The van der Waals surface area contributed by atoms with E-state index in [0.29, 0.717) is 57.8 Å². The molecule has 24 heteroatoms. The predicted molar refractivity (Wildman–Crippen MR) is 264 cm³/mol. The lowest BCUT2D eigenvalue weighted by molar-refractivity contribution is -0.379. The molecule has 29 atom stereocenters. The molecule has 0 amide bonds. The molecule has 4 heterocycles. The summed E-state index contributed by atoms with van der Waals surface area (Å²) in [5.41, 5.74) is -2.07. The van der Waals surface area contributed by atoms with Gasteiger partial charge >= 0.3 is 5.97 Å². The van der Waals surface area contributed by atoms with Crippen LogP contribution in [0.25, 0.3) is 0 Å². The molecule has 4 aliphatic heterocycles. The van der Waals surface area contributed by atoms with E-state index < -0.39 is 178 Å². The first kappa shape index (κ1) is 60.9. The molecule has 0 radical (unpaired) electrons. The third-order valence-electron chi connectivity index (χ3n) is 21.6. The molecule has 4 saturated heterocycles. The van der Waals surface area contributed by atoms with Crippen LogP contribution in [0.2, 0.25) is 0 Å². The van der Waals surface area contributed by atoms with Crippen molar-refractivity contribution in [2.75, 3.05) is 33.0 Å². The van der Waals surface area contributed by atoms with Gasteiger partial charge in [0, 0.05) is 5.41 Å². The van der Waals surface area contributed by atoms with Crippen molar-refractivity contribution >= 4 is 5.97 Å². The minimum atomic E-state index is -1.86. The van der Waals surface area contributed by atoms with E-state index in [1.165, 1.54) is 5.57 Å². The first-order valence-electron chi connectivity index (χ1n) is 28.0. The van der Waals surface area contributed by atoms with Crippen molar-refractivity contribution in [2.45, 2.75) is 235 Å². The predicted octanol–water partition coefficient (Wildman–Crippen LogP) is -3.06. The number of aliphatic hydroxyl groups is 15. The molecule has 24 nitrogen and oxygen atoms in total. The van der Waals surface area contributed by atoms with Gasteiger partial charge in [-0.3, -0.25) is 4.79 Å². The summed E-state index contributed by atoms with van der Waals surface area (Å²) in [4.78, 5) is 15.1. The van der Waals surface area contributed by atoms with Crippen LogP contribution in [0.5, 0.6) is 0 Å². The Bertz CT molecular complexity index is 2130. The van der Waals surface area contributed by atoms with Crippen molar-refractivity contribution in [3.63, 3.8) is 0 Å². The number of hydrogen-bond donors (Lipinski definition) is 15. The van der Waals surface area contributed by atoms with E-state index in [-0.39, 0.29) is 40.6 Å². The van der Waals surface area contributed by atoms with Crippen LogP contribution in [0.4, 0.5) is 0 Å². The van der Waals surface area contributed by atoms with E-state index >= 15 is 4.79 Å². The van der Waals surface area contributed by atoms with E-state index in [1.54, 1.807) is 0 Å². The van der Waals surface area contributed by atoms with Crippen LogP contribution >= 0.6 is 0 Å². The van der Waals surface area contributed by atoms with Crippen LogP contribution in [0.15, 0.2) is 11.6 Å². The van der Waals surface area contributed by atoms with Crippen LogP contribution in [0.3, 0.4) is 0 Å². The number of esters is 1. The minimum Gasteiger partial charge on any atom is -0.432 e. The van der Waals surface area contributed by atoms with Crippen LogP contribution in [-0.4, -0.2) is 245 Å². The van der Waals surface area contributed by atoms with E-state index in [9.17, 15) is 76.6 Å². The largest absolute Gasteiger partial charge is 0.432 e. The summed E-state index contributed by atoms with van der Waals surface area (Å²) in [7, 11) is 0. The molecule has 5 aliphatic carbocycles. The Morgan fingerprint density at radius 2 is 1.08 bits per heavy atom. The van der Waals surface area contributed by atoms with Gasteiger partial charge in [-0.15, -0.1) is 0 Å². The average molecular weight is 1120 g/mol. The molecule has 9 aliphatic rings. The van der Waals surface area contributed by atoms with Gasteiger partial charge in [0.2, 0.25) is 6.29 Å². The van der Waals surface area contributed by atoms with Gasteiger partial charge in [-0.2, -0.15) is 0 Å². The molecule has 7 unspecified atom stereocenters. The van der Waals surface area contributed by atoms with Gasteiger partial charge in [0.15, 0.2) is 18.9 Å². The molecule has 0 bridgehead atoms. The third-order valence-corrected chi connectivity index (χ3v) is 21.6. The normalized spacial score (nSPS) is 54.1. The number of rotatable bonds is 13. The number of aliphatic hydroxyl groups excluding tert-OH is 15. The van der Waals surface area contributed by atoms with Crippen molar-refractivity contribution in [3.8, 4) is 0 Å². The molecule has 8 fully saturated rings. The summed E-state index contributed by atoms with van der Waals surface area (Å²) in [6.45, 7) is 10.2. The van der Waals surface area contributed by atoms with Crippen molar-refractivity contribution in [2.24, 2.45) is 50.2 Å². The SMILES string of the molecule is CC1(C)CC[C@]2(C(=O)O[C@@H]3O[C@H](COC4O[C@H](CO)[C@@H](O)[C@H](O)[C@H]4O)[C@@H](O)[C@H](O)[C@H]3O)CC[C@]3(C)C(=CCC4[C@@]5(C)CC[C@H](OC6O[C@H](CO)[C@@H](O)[C@H](O)[C@H]6OC6O[C@@H](CO)[C@H](O)[C@@H](O)[C@@H]6O)C(C)(CO)C5CC[C@]43C)C2C1. The zero-order valence-electron chi connectivity index (χ0n) is 45.4. The number of carbonyl (C=O) groups excluding carboxylic acids is 1. The fourth-order valence-electron chi connectivity index (χ4n) is 16.4. The molecule has 15 N–H and O–H groups in total. The first-order chi connectivity index (χ1) is 36.6. The molecular formula is C54H88O24. The van der Waals surface area contributed by atoms with Gasteiger partial charge in [0.25, 0.3) is 0 Å². The van der Waals surface area contributed by atoms with Crippen molar-refractivity contribution in [3.05, 3.63) is 11.6 Å². The summed E-state index contributed by atoms with van der Waals surface area (Å²) in [5, 5.41) is 160. The number of ether oxygens (including phenoxy) is 8. The second kappa shape index (κ2) is 22.4. The van der Waals surface area contributed by atoms with Crippen LogP contribution in [-0.2, 0) is 42.7 Å². The molecule has 0 aromatic heterocycles. The van der Waals surface area contributed by atoms with E-state index in [2.05, 4.69) is 40.7 Å². The fourth-order valence-corrected chi connectivity index (χ4v) is 16.4. The highest BCUT2D eigenvalue weighted by Crippen LogP contribution is 2.76. The lowest BCUT2D eigenvalue weighted by Crippen LogP contribution is -2.68. The number of fused-ring (bicyclic) bond motifs is 7. The van der Waals surface area contributed by atoms with Crippen LogP contribution in [0.1, 0.15) is 106 Å². The maximum atomic E-state index is 15.1. The highest BCUT2D eigenvalue weighted by molar-refractivity contribution is 5.79. The molecule has 0 spiro atoms. The van der Waals surface area contributed by atoms with Crippen LogP contribution in [0, 0.1) is 50.2 Å². The lowest BCUT2D eigenvalue weighted by Gasteiger charge is -2.71. The Balaban J connectivity index is 0.941. The molecule has 0 aromatic rings.